The van der Waals surface area contributed by atoms with E-state index in [1.54, 1.807) is 20.8 Å². The standard InChI is InChI=1S/C15H13BrF3NO2/c1-15(2,3)22-14(21)20-7-8(16)4-12(20)13-10(18)5-9(17)6-11(13)19/h4-7H,1-3H3. The number of benzene rings is 1. The number of hydrogen-bond acceptors (Lipinski definition) is 2. The molecule has 0 bridgehead atoms. The number of hydrogen-bond donors (Lipinski definition) is 0. The molecule has 22 heavy (non-hydrogen) atoms. The summed E-state index contributed by atoms with van der Waals surface area (Å²) in [5.41, 5.74) is -1.35. The van der Waals surface area contributed by atoms with Crippen molar-refractivity contribution in [3.8, 4) is 11.3 Å². The van der Waals surface area contributed by atoms with Crippen LogP contribution in [0.1, 0.15) is 20.8 Å². The predicted molar refractivity (Wildman–Crippen MR) is 79.1 cm³/mol. The van der Waals surface area contributed by atoms with Crippen molar-refractivity contribution in [3.05, 3.63) is 46.3 Å². The normalized spacial score (nSPS) is 11.6. The lowest BCUT2D eigenvalue weighted by Gasteiger charge is -2.20. The maximum absolute atomic E-state index is 13.9. The third kappa shape index (κ3) is 3.52. The second-order valence-corrected chi connectivity index (χ2v) is 6.55. The molecule has 0 unspecified atom stereocenters. The molecule has 0 N–H and O–H groups in total. The van der Waals surface area contributed by atoms with Gasteiger partial charge in [0.25, 0.3) is 0 Å². The topological polar surface area (TPSA) is 31.2 Å². The molecule has 0 fully saturated rings. The SMILES string of the molecule is CC(C)(C)OC(=O)n1cc(Br)cc1-c1c(F)cc(F)cc1F. The van der Waals surface area contributed by atoms with Crippen LogP contribution in [0.5, 0.6) is 0 Å². The van der Waals surface area contributed by atoms with E-state index in [1.807, 2.05) is 0 Å². The second-order valence-electron chi connectivity index (χ2n) is 5.64. The van der Waals surface area contributed by atoms with Crippen LogP contribution in [0.2, 0.25) is 0 Å². The number of carbonyl (C=O) groups is 1. The summed E-state index contributed by atoms with van der Waals surface area (Å²) in [6.07, 6.45) is 0.530. The van der Waals surface area contributed by atoms with E-state index >= 15 is 0 Å². The van der Waals surface area contributed by atoms with Gasteiger partial charge in [0.05, 0.1) is 11.3 Å². The van der Waals surface area contributed by atoms with Gasteiger partial charge in [-0.25, -0.2) is 18.0 Å². The molecule has 1 heterocycles. The Kier molecular flexibility index (Phi) is 4.37. The summed E-state index contributed by atoms with van der Waals surface area (Å²) >= 11 is 3.14. The summed E-state index contributed by atoms with van der Waals surface area (Å²) < 4.78 is 47.5. The molecule has 0 saturated heterocycles. The molecule has 0 spiro atoms. The smallest absolute Gasteiger partial charge is 0.419 e. The maximum Gasteiger partial charge on any atom is 0.419 e. The van der Waals surface area contributed by atoms with Crippen LogP contribution in [0.3, 0.4) is 0 Å². The molecular formula is C15H13BrF3NO2. The number of halogens is 4. The first-order valence-electron chi connectivity index (χ1n) is 6.34. The molecule has 118 valence electrons. The predicted octanol–water partition coefficient (Wildman–Crippen LogP) is 5.12. The minimum Gasteiger partial charge on any atom is -0.443 e. The minimum absolute atomic E-state index is 0.0730. The Morgan fingerprint density at radius 3 is 2.18 bits per heavy atom. The lowest BCUT2D eigenvalue weighted by atomic mass is 10.1. The highest BCUT2D eigenvalue weighted by Gasteiger charge is 2.24. The molecule has 7 heteroatoms. The summed E-state index contributed by atoms with van der Waals surface area (Å²) in [5, 5.41) is 0. The molecule has 0 saturated carbocycles. The van der Waals surface area contributed by atoms with Crippen LogP contribution in [0.15, 0.2) is 28.9 Å². The van der Waals surface area contributed by atoms with Gasteiger partial charge in [-0.1, -0.05) is 0 Å². The Bertz CT molecular complexity index is 712. The zero-order valence-electron chi connectivity index (χ0n) is 12.1. The van der Waals surface area contributed by atoms with E-state index in [4.69, 9.17) is 4.74 Å². The van der Waals surface area contributed by atoms with Crippen molar-refractivity contribution in [2.45, 2.75) is 26.4 Å². The van der Waals surface area contributed by atoms with Gasteiger partial charge in [0.1, 0.15) is 23.1 Å². The number of nitrogens with zero attached hydrogens (tertiary/aromatic N) is 1. The Morgan fingerprint density at radius 1 is 1.14 bits per heavy atom. The highest BCUT2D eigenvalue weighted by atomic mass is 79.9. The van der Waals surface area contributed by atoms with Crippen LogP contribution >= 0.6 is 15.9 Å². The highest BCUT2D eigenvalue weighted by Crippen LogP contribution is 2.31. The Hall–Kier alpha value is -1.76. The van der Waals surface area contributed by atoms with Gasteiger partial charge in [-0.15, -0.1) is 0 Å². The van der Waals surface area contributed by atoms with Gasteiger partial charge < -0.3 is 4.74 Å². The molecule has 0 radical (unpaired) electrons. The molecule has 1 aromatic heterocycles. The number of aromatic nitrogens is 1. The fourth-order valence-electron chi connectivity index (χ4n) is 1.87. The fraction of sp³-hybridized carbons (Fsp3) is 0.267. The highest BCUT2D eigenvalue weighted by molar-refractivity contribution is 9.10. The largest absolute Gasteiger partial charge is 0.443 e. The molecule has 2 rings (SSSR count). The van der Waals surface area contributed by atoms with E-state index in [9.17, 15) is 18.0 Å². The molecule has 0 amide bonds. The lowest BCUT2D eigenvalue weighted by molar-refractivity contribution is 0.0540. The summed E-state index contributed by atoms with van der Waals surface area (Å²) in [7, 11) is 0. The van der Waals surface area contributed by atoms with Gasteiger partial charge in [0, 0.05) is 22.8 Å². The van der Waals surface area contributed by atoms with Gasteiger partial charge in [-0.05, 0) is 42.8 Å². The van der Waals surface area contributed by atoms with Gasteiger partial charge in [-0.3, -0.25) is 4.57 Å². The van der Waals surface area contributed by atoms with E-state index in [0.717, 1.165) is 4.57 Å². The summed E-state index contributed by atoms with van der Waals surface area (Å²) in [5.74, 6) is -3.24. The zero-order valence-corrected chi connectivity index (χ0v) is 13.7. The number of rotatable bonds is 1. The van der Waals surface area contributed by atoms with Crippen LogP contribution in [0.4, 0.5) is 18.0 Å². The van der Waals surface area contributed by atoms with Crippen molar-refractivity contribution in [1.82, 2.24) is 4.57 Å². The molecule has 2 aromatic rings. The first-order chi connectivity index (χ1) is 10.1. The average molecular weight is 376 g/mol. The molecule has 0 aliphatic rings. The Labute approximate surface area is 133 Å². The van der Waals surface area contributed by atoms with Crippen molar-refractivity contribution in [2.75, 3.05) is 0 Å². The van der Waals surface area contributed by atoms with Crippen LogP contribution < -0.4 is 0 Å². The summed E-state index contributed by atoms with van der Waals surface area (Å²) in [6.45, 7) is 5.01. The second kappa shape index (κ2) is 5.79. The van der Waals surface area contributed by atoms with E-state index in [1.165, 1.54) is 12.3 Å². The van der Waals surface area contributed by atoms with E-state index in [0.29, 0.717) is 16.6 Å². The first kappa shape index (κ1) is 16.6. The van der Waals surface area contributed by atoms with Gasteiger partial charge in [-0.2, -0.15) is 0 Å². The monoisotopic (exact) mass is 375 g/mol. The van der Waals surface area contributed by atoms with Gasteiger partial charge in [0.2, 0.25) is 0 Å². The van der Waals surface area contributed by atoms with E-state index in [2.05, 4.69) is 15.9 Å². The average Bonchev–Trinajstić information content (AvgIpc) is 2.67. The third-order valence-electron chi connectivity index (χ3n) is 2.64. The Morgan fingerprint density at radius 2 is 1.68 bits per heavy atom. The minimum atomic E-state index is -1.10. The van der Waals surface area contributed by atoms with Gasteiger partial charge in [0.15, 0.2) is 0 Å². The van der Waals surface area contributed by atoms with E-state index < -0.39 is 34.7 Å². The Balaban J connectivity index is 2.57. The molecule has 3 nitrogen and oxygen atoms in total. The van der Waals surface area contributed by atoms with Gasteiger partial charge >= 0.3 is 6.09 Å². The number of ether oxygens (including phenoxy) is 1. The third-order valence-corrected chi connectivity index (χ3v) is 3.07. The molecule has 0 aliphatic carbocycles. The summed E-state index contributed by atoms with van der Waals surface area (Å²) in [4.78, 5) is 12.2. The quantitative estimate of drug-likeness (QED) is 0.692. The van der Waals surface area contributed by atoms with Crippen molar-refractivity contribution >= 4 is 22.0 Å². The van der Waals surface area contributed by atoms with Crippen molar-refractivity contribution in [2.24, 2.45) is 0 Å². The van der Waals surface area contributed by atoms with Crippen LogP contribution in [-0.2, 0) is 4.74 Å². The molecular weight excluding hydrogens is 363 g/mol. The van der Waals surface area contributed by atoms with Crippen LogP contribution in [0.25, 0.3) is 11.3 Å². The van der Waals surface area contributed by atoms with E-state index in [-0.39, 0.29) is 5.69 Å². The molecule has 0 aliphatic heterocycles. The molecule has 1 aromatic carbocycles. The van der Waals surface area contributed by atoms with Crippen molar-refractivity contribution in [1.29, 1.82) is 0 Å². The lowest BCUT2D eigenvalue weighted by Crippen LogP contribution is -2.27. The summed E-state index contributed by atoms with van der Waals surface area (Å²) in [6, 6.07) is 2.46. The maximum atomic E-state index is 13.9. The van der Waals surface area contributed by atoms with Crippen LogP contribution in [0, 0.1) is 17.5 Å². The number of carbonyl (C=O) groups excluding carboxylic acids is 1. The first-order valence-corrected chi connectivity index (χ1v) is 7.14. The van der Waals surface area contributed by atoms with Crippen molar-refractivity contribution < 1.29 is 22.7 Å². The fourth-order valence-corrected chi connectivity index (χ4v) is 2.29. The zero-order chi connectivity index (χ0) is 16.7. The molecule has 0 atom stereocenters. The van der Waals surface area contributed by atoms with Crippen molar-refractivity contribution in [3.63, 3.8) is 0 Å². The van der Waals surface area contributed by atoms with Crippen LogP contribution in [-0.4, -0.2) is 16.3 Å².